The Kier molecular flexibility index (Phi) is 5.42. The molecule has 0 saturated carbocycles. The first-order chi connectivity index (χ1) is 13.2. The average Bonchev–Trinajstić information content (AvgIpc) is 3.06. The van der Waals surface area contributed by atoms with Gasteiger partial charge >= 0.3 is 0 Å². The number of thioether (sulfide) groups is 1. The monoisotopic (exact) mass is 454 g/mol. The minimum absolute atomic E-state index is 0.116. The molecule has 4 nitrogen and oxygen atoms in total. The van der Waals surface area contributed by atoms with Crippen LogP contribution >= 0.6 is 35.0 Å². The Bertz CT molecular complexity index is 1070. The van der Waals surface area contributed by atoms with Crippen LogP contribution in [0.5, 0.6) is 0 Å². The molecule has 2 unspecified atom stereocenters. The largest absolute Gasteiger partial charge is 0.315 e. The molecule has 0 amide bonds. The van der Waals surface area contributed by atoms with E-state index < -0.39 is 9.84 Å². The van der Waals surface area contributed by atoms with Gasteiger partial charge in [-0.15, -0.1) is 0 Å². The minimum atomic E-state index is -3.06. The van der Waals surface area contributed by atoms with Gasteiger partial charge in [-0.05, 0) is 43.2 Å². The van der Waals surface area contributed by atoms with Crippen LogP contribution in [0.1, 0.15) is 16.7 Å². The summed E-state index contributed by atoms with van der Waals surface area (Å²) >= 11 is 13.9. The van der Waals surface area contributed by atoms with Crippen molar-refractivity contribution in [3.8, 4) is 0 Å². The van der Waals surface area contributed by atoms with E-state index in [2.05, 4.69) is 36.9 Å². The van der Waals surface area contributed by atoms with E-state index in [0.29, 0.717) is 15.8 Å². The van der Waals surface area contributed by atoms with E-state index in [9.17, 15) is 8.42 Å². The first-order valence-electron chi connectivity index (χ1n) is 8.95. The third kappa shape index (κ3) is 3.92. The number of nitrogens with zero attached hydrogens (tertiary/aromatic N) is 2. The number of amidine groups is 1. The fraction of sp³-hybridized carbons (Fsp3) is 0.350. The number of aryl methyl sites for hydroxylation is 2. The molecule has 0 bridgehead atoms. The Morgan fingerprint density at radius 2 is 1.93 bits per heavy atom. The zero-order valence-electron chi connectivity index (χ0n) is 15.5. The molecule has 1 saturated heterocycles. The highest BCUT2D eigenvalue weighted by Gasteiger charge is 2.47. The molecule has 0 radical (unpaired) electrons. The summed E-state index contributed by atoms with van der Waals surface area (Å²) in [4.78, 5) is 6.90. The maximum absolute atomic E-state index is 12.2. The Morgan fingerprint density at radius 1 is 1.14 bits per heavy atom. The Morgan fingerprint density at radius 3 is 2.64 bits per heavy atom. The maximum atomic E-state index is 12.2. The van der Waals surface area contributed by atoms with Crippen molar-refractivity contribution in [1.29, 1.82) is 0 Å². The quantitative estimate of drug-likeness (QED) is 0.662. The van der Waals surface area contributed by atoms with Gasteiger partial charge in [0.05, 0.1) is 23.6 Å². The van der Waals surface area contributed by atoms with E-state index in [1.807, 2.05) is 12.1 Å². The van der Waals surface area contributed by atoms with Crippen molar-refractivity contribution >= 4 is 55.7 Å². The molecule has 1 fully saturated rings. The van der Waals surface area contributed by atoms with Gasteiger partial charge < -0.3 is 4.90 Å². The van der Waals surface area contributed by atoms with Crippen LogP contribution in [-0.4, -0.2) is 37.2 Å². The lowest BCUT2D eigenvalue weighted by Crippen LogP contribution is -2.39. The summed E-state index contributed by atoms with van der Waals surface area (Å²) in [6, 6.07) is 11.3. The fourth-order valence-electron chi connectivity index (χ4n) is 3.77. The van der Waals surface area contributed by atoms with E-state index in [4.69, 9.17) is 28.2 Å². The molecule has 0 spiro atoms. The summed E-state index contributed by atoms with van der Waals surface area (Å²) in [7, 11) is -3.06. The van der Waals surface area contributed by atoms with Gasteiger partial charge in [-0.3, -0.25) is 4.99 Å². The van der Waals surface area contributed by atoms with E-state index in [-0.39, 0.29) is 23.6 Å². The lowest BCUT2D eigenvalue weighted by molar-refractivity contribution is 0.601. The first-order valence-corrected chi connectivity index (χ1v) is 12.5. The minimum Gasteiger partial charge on any atom is -0.315 e. The van der Waals surface area contributed by atoms with Crippen molar-refractivity contribution in [1.82, 2.24) is 0 Å². The number of anilines is 1. The lowest BCUT2D eigenvalue weighted by Gasteiger charge is -2.28. The number of hydrogen-bond acceptors (Lipinski definition) is 5. The molecule has 148 valence electrons. The van der Waals surface area contributed by atoms with Crippen LogP contribution in [0.15, 0.2) is 41.4 Å². The molecule has 2 aromatic rings. The molecule has 2 aliphatic heterocycles. The fourth-order valence-corrected chi connectivity index (χ4v) is 7.29. The number of benzene rings is 2. The summed E-state index contributed by atoms with van der Waals surface area (Å²) in [6.45, 7) is 4.10. The molecule has 2 atom stereocenters. The summed E-state index contributed by atoms with van der Waals surface area (Å²) in [5.41, 5.74) is 4.28. The summed E-state index contributed by atoms with van der Waals surface area (Å²) in [6.07, 6.45) is 0. The normalized spacial score (nSPS) is 23.0. The zero-order chi connectivity index (χ0) is 20.1. The van der Waals surface area contributed by atoms with Crippen molar-refractivity contribution in [2.45, 2.75) is 31.7 Å². The average molecular weight is 455 g/mol. The van der Waals surface area contributed by atoms with Crippen LogP contribution < -0.4 is 4.90 Å². The Labute approximate surface area is 179 Å². The SMILES string of the molecule is Cc1ccc(N2C(SCc3ccc(Cl)cc3Cl)=NC3CS(=O)(=O)CC32)c(C)c1. The second-order valence-corrected chi connectivity index (χ2v) is 11.2. The Hall–Kier alpha value is -1.21. The molecule has 2 heterocycles. The van der Waals surface area contributed by atoms with Gasteiger partial charge in [0.15, 0.2) is 15.0 Å². The van der Waals surface area contributed by atoms with Gasteiger partial charge in [-0.2, -0.15) is 0 Å². The van der Waals surface area contributed by atoms with Gasteiger partial charge in [0.2, 0.25) is 0 Å². The van der Waals surface area contributed by atoms with Crippen molar-refractivity contribution in [2.75, 3.05) is 16.4 Å². The maximum Gasteiger partial charge on any atom is 0.164 e. The van der Waals surface area contributed by atoms with Crippen molar-refractivity contribution < 1.29 is 8.42 Å². The summed E-state index contributed by atoms with van der Waals surface area (Å²) in [5.74, 6) is 0.896. The zero-order valence-corrected chi connectivity index (χ0v) is 18.7. The third-order valence-electron chi connectivity index (χ3n) is 5.09. The van der Waals surface area contributed by atoms with Gasteiger partial charge in [0, 0.05) is 21.5 Å². The number of halogens is 2. The number of rotatable bonds is 3. The molecule has 2 aliphatic rings. The highest BCUT2D eigenvalue weighted by Crippen LogP contribution is 2.38. The lowest BCUT2D eigenvalue weighted by atomic mass is 10.1. The van der Waals surface area contributed by atoms with Crippen LogP contribution in [0, 0.1) is 13.8 Å². The van der Waals surface area contributed by atoms with Crippen LogP contribution in [-0.2, 0) is 15.6 Å². The van der Waals surface area contributed by atoms with E-state index in [1.54, 1.807) is 17.8 Å². The predicted octanol–water partition coefficient (Wildman–Crippen LogP) is 4.89. The van der Waals surface area contributed by atoms with Crippen LogP contribution in [0.4, 0.5) is 5.69 Å². The molecule has 28 heavy (non-hydrogen) atoms. The number of aliphatic imine (C=N–C) groups is 1. The molecular weight excluding hydrogens is 435 g/mol. The second kappa shape index (κ2) is 7.56. The predicted molar refractivity (Wildman–Crippen MR) is 120 cm³/mol. The van der Waals surface area contributed by atoms with Crippen LogP contribution in [0.2, 0.25) is 10.0 Å². The van der Waals surface area contributed by atoms with E-state index >= 15 is 0 Å². The molecule has 4 rings (SSSR count). The highest BCUT2D eigenvalue weighted by molar-refractivity contribution is 8.13. The highest BCUT2D eigenvalue weighted by atomic mass is 35.5. The smallest absolute Gasteiger partial charge is 0.164 e. The van der Waals surface area contributed by atoms with Gasteiger partial charge in [-0.1, -0.05) is 58.7 Å². The van der Waals surface area contributed by atoms with Crippen molar-refractivity contribution in [2.24, 2.45) is 4.99 Å². The summed E-state index contributed by atoms with van der Waals surface area (Å²) in [5, 5.41) is 2.08. The molecular formula is C20H20Cl2N2O2S2. The van der Waals surface area contributed by atoms with E-state index in [0.717, 1.165) is 22.0 Å². The molecule has 2 aromatic carbocycles. The van der Waals surface area contributed by atoms with Gasteiger partial charge in [-0.25, -0.2) is 8.42 Å². The van der Waals surface area contributed by atoms with Gasteiger partial charge in [0.25, 0.3) is 0 Å². The number of sulfone groups is 1. The number of hydrogen-bond donors (Lipinski definition) is 0. The van der Waals surface area contributed by atoms with Crippen LogP contribution in [0.3, 0.4) is 0 Å². The number of fused-ring (bicyclic) bond motifs is 1. The Balaban J connectivity index is 1.65. The van der Waals surface area contributed by atoms with Crippen molar-refractivity contribution in [3.05, 3.63) is 63.1 Å². The van der Waals surface area contributed by atoms with Crippen LogP contribution in [0.25, 0.3) is 0 Å². The molecule has 0 aromatic heterocycles. The van der Waals surface area contributed by atoms with Crippen molar-refractivity contribution in [3.63, 3.8) is 0 Å². The topological polar surface area (TPSA) is 49.7 Å². The third-order valence-corrected chi connectivity index (χ3v) is 8.39. The van der Waals surface area contributed by atoms with E-state index in [1.165, 1.54) is 5.56 Å². The molecule has 8 heteroatoms. The summed E-state index contributed by atoms with van der Waals surface area (Å²) < 4.78 is 24.4. The molecule has 0 N–H and O–H groups in total. The molecule has 0 aliphatic carbocycles. The second-order valence-electron chi connectivity index (χ2n) is 7.31. The first kappa shape index (κ1) is 20.1. The van der Waals surface area contributed by atoms with Gasteiger partial charge in [0.1, 0.15) is 0 Å². The standard InChI is InChI=1S/C20H20Cl2N2O2S2/c1-12-3-6-18(13(2)7-12)24-19-11-28(25,26)10-17(19)23-20(24)27-9-14-4-5-15(21)8-16(14)22/h3-8,17,19H,9-11H2,1-2H3.